The van der Waals surface area contributed by atoms with Gasteiger partial charge >= 0.3 is 5.97 Å². The molecule has 1 unspecified atom stereocenters. The predicted molar refractivity (Wildman–Crippen MR) is 75.8 cm³/mol. The van der Waals surface area contributed by atoms with Crippen LogP contribution in [-0.2, 0) is 14.3 Å². The van der Waals surface area contributed by atoms with Gasteiger partial charge in [-0.1, -0.05) is 27.7 Å². The zero-order valence-electron chi connectivity index (χ0n) is 13.1. The number of amides is 1. The Morgan fingerprint density at radius 1 is 1.26 bits per heavy atom. The van der Waals surface area contributed by atoms with Crippen molar-refractivity contribution in [2.45, 2.75) is 34.6 Å². The molecule has 0 aromatic heterocycles. The molecule has 0 radical (unpaired) electrons. The van der Waals surface area contributed by atoms with Gasteiger partial charge in [-0.2, -0.15) is 0 Å². The molecule has 0 aromatic rings. The summed E-state index contributed by atoms with van der Waals surface area (Å²) in [6, 6.07) is 0. The highest BCUT2D eigenvalue weighted by Crippen LogP contribution is 2.27. The molecule has 0 aromatic carbocycles. The van der Waals surface area contributed by atoms with Crippen LogP contribution in [0.5, 0.6) is 0 Å². The molecular formula is C14H28N2O3. The average molecular weight is 272 g/mol. The minimum atomic E-state index is -0.764. The lowest BCUT2D eigenvalue weighted by molar-refractivity contribution is -0.156. The van der Waals surface area contributed by atoms with E-state index in [0.29, 0.717) is 6.54 Å². The van der Waals surface area contributed by atoms with Gasteiger partial charge in [0.1, 0.15) is 5.92 Å². The van der Waals surface area contributed by atoms with Gasteiger partial charge < -0.3 is 15.0 Å². The van der Waals surface area contributed by atoms with E-state index in [9.17, 15) is 9.59 Å². The molecule has 1 N–H and O–H groups in total. The van der Waals surface area contributed by atoms with E-state index in [1.165, 1.54) is 0 Å². The van der Waals surface area contributed by atoms with E-state index in [-0.39, 0.29) is 12.5 Å². The summed E-state index contributed by atoms with van der Waals surface area (Å²) in [5.41, 5.74) is -0.451. The largest absolute Gasteiger partial charge is 0.465 e. The lowest BCUT2D eigenvalue weighted by Gasteiger charge is -2.27. The Labute approximate surface area is 116 Å². The van der Waals surface area contributed by atoms with E-state index < -0.39 is 17.3 Å². The normalized spacial score (nSPS) is 13.2. The Morgan fingerprint density at radius 3 is 2.26 bits per heavy atom. The maximum atomic E-state index is 12.1. The van der Waals surface area contributed by atoms with Crippen molar-refractivity contribution in [1.82, 2.24) is 10.2 Å². The summed E-state index contributed by atoms with van der Waals surface area (Å²) in [4.78, 5) is 26.1. The van der Waals surface area contributed by atoms with Gasteiger partial charge in [0, 0.05) is 13.1 Å². The summed E-state index contributed by atoms with van der Waals surface area (Å²) in [6.45, 7) is 11.9. The molecule has 0 bridgehead atoms. The maximum absolute atomic E-state index is 12.1. The van der Waals surface area contributed by atoms with E-state index in [1.807, 2.05) is 27.8 Å². The molecule has 0 heterocycles. The van der Waals surface area contributed by atoms with Crippen LogP contribution in [0.1, 0.15) is 34.6 Å². The highest BCUT2D eigenvalue weighted by Gasteiger charge is 2.38. The highest BCUT2D eigenvalue weighted by atomic mass is 16.5. The van der Waals surface area contributed by atoms with Gasteiger partial charge in [0.2, 0.25) is 5.91 Å². The molecular weight excluding hydrogens is 244 g/mol. The molecule has 0 spiro atoms. The van der Waals surface area contributed by atoms with E-state index in [0.717, 1.165) is 13.1 Å². The topological polar surface area (TPSA) is 58.6 Å². The number of carbonyl (C=O) groups excluding carboxylic acids is 2. The Hall–Kier alpha value is -1.10. The lowest BCUT2D eigenvalue weighted by atomic mass is 9.80. The fourth-order valence-corrected chi connectivity index (χ4v) is 1.71. The summed E-state index contributed by atoms with van der Waals surface area (Å²) in [5, 5.41) is 2.81. The number of carbonyl (C=O) groups is 2. The number of nitrogens with one attached hydrogen (secondary N) is 1. The van der Waals surface area contributed by atoms with Crippen molar-refractivity contribution in [2.24, 2.45) is 11.3 Å². The average Bonchev–Trinajstić information content (AvgIpc) is 2.27. The number of rotatable bonds is 7. The maximum Gasteiger partial charge on any atom is 0.319 e. The minimum absolute atomic E-state index is 0.254. The van der Waals surface area contributed by atoms with Crippen LogP contribution >= 0.6 is 0 Å². The summed E-state index contributed by atoms with van der Waals surface area (Å²) in [6.07, 6.45) is 0. The minimum Gasteiger partial charge on any atom is -0.465 e. The first-order valence-corrected chi connectivity index (χ1v) is 6.86. The number of esters is 1. The molecule has 1 amide bonds. The summed E-state index contributed by atoms with van der Waals surface area (Å²) in [7, 11) is 1.98. The second-order valence-corrected chi connectivity index (χ2v) is 5.74. The fourth-order valence-electron chi connectivity index (χ4n) is 1.71. The molecule has 0 fully saturated rings. The number of hydrogen-bond acceptors (Lipinski definition) is 4. The third kappa shape index (κ3) is 6.57. The van der Waals surface area contributed by atoms with Crippen LogP contribution in [0.2, 0.25) is 0 Å². The lowest BCUT2D eigenvalue weighted by Crippen LogP contribution is -2.45. The van der Waals surface area contributed by atoms with E-state index >= 15 is 0 Å². The first-order valence-electron chi connectivity index (χ1n) is 6.86. The Balaban J connectivity index is 4.53. The van der Waals surface area contributed by atoms with Gasteiger partial charge in [0.05, 0.1) is 6.61 Å². The zero-order chi connectivity index (χ0) is 15.1. The Morgan fingerprint density at radius 2 is 1.84 bits per heavy atom. The monoisotopic (exact) mass is 272 g/mol. The third-order valence-electron chi connectivity index (χ3n) is 2.98. The molecule has 0 rings (SSSR count). The number of likely N-dealkylation sites (N-methyl/N-ethyl adjacent to an activating group) is 1. The van der Waals surface area contributed by atoms with Crippen molar-refractivity contribution < 1.29 is 14.3 Å². The van der Waals surface area contributed by atoms with Gasteiger partial charge in [-0.05, 0) is 25.9 Å². The van der Waals surface area contributed by atoms with Crippen molar-refractivity contribution in [3.8, 4) is 0 Å². The van der Waals surface area contributed by atoms with Gasteiger partial charge in [-0.15, -0.1) is 0 Å². The summed E-state index contributed by atoms with van der Waals surface area (Å²) >= 11 is 0. The number of nitrogens with zero attached hydrogens (tertiary/aromatic N) is 1. The van der Waals surface area contributed by atoms with Crippen LogP contribution in [0.15, 0.2) is 0 Å². The zero-order valence-corrected chi connectivity index (χ0v) is 13.1. The molecule has 0 saturated heterocycles. The van der Waals surface area contributed by atoms with Crippen LogP contribution in [0.4, 0.5) is 0 Å². The second kappa shape index (κ2) is 8.15. The first kappa shape index (κ1) is 17.9. The summed E-state index contributed by atoms with van der Waals surface area (Å²) < 4.78 is 4.99. The van der Waals surface area contributed by atoms with Gasteiger partial charge in [0.25, 0.3) is 0 Å². The van der Waals surface area contributed by atoms with Crippen molar-refractivity contribution in [2.75, 3.05) is 33.3 Å². The number of hydrogen-bond donors (Lipinski definition) is 1. The molecule has 0 aliphatic rings. The Bertz CT molecular complexity index is 298. The van der Waals surface area contributed by atoms with Crippen LogP contribution < -0.4 is 5.32 Å². The van der Waals surface area contributed by atoms with E-state index in [4.69, 9.17) is 4.74 Å². The van der Waals surface area contributed by atoms with Crippen LogP contribution in [0.3, 0.4) is 0 Å². The summed E-state index contributed by atoms with van der Waals surface area (Å²) in [5.74, 6) is -1.47. The van der Waals surface area contributed by atoms with Crippen molar-refractivity contribution >= 4 is 11.9 Å². The standard InChI is InChI=1S/C14H28N2O3/c1-7-16(6)10-9-15-12(17)11(14(3,4)5)13(18)19-8-2/h11H,7-10H2,1-6H3,(H,15,17). The second-order valence-electron chi connectivity index (χ2n) is 5.74. The number of ether oxygens (including phenoxy) is 1. The predicted octanol–water partition coefficient (Wildman–Crippen LogP) is 1.28. The quantitative estimate of drug-likeness (QED) is 0.560. The van der Waals surface area contributed by atoms with Crippen molar-refractivity contribution in [3.05, 3.63) is 0 Å². The molecule has 112 valence electrons. The molecule has 0 aliphatic heterocycles. The molecule has 19 heavy (non-hydrogen) atoms. The van der Waals surface area contributed by atoms with Crippen molar-refractivity contribution in [1.29, 1.82) is 0 Å². The van der Waals surface area contributed by atoms with Crippen LogP contribution in [0, 0.1) is 11.3 Å². The SMILES string of the molecule is CCOC(=O)C(C(=O)NCCN(C)CC)C(C)(C)C. The Kier molecular flexibility index (Phi) is 7.68. The molecule has 5 nitrogen and oxygen atoms in total. The first-order chi connectivity index (χ1) is 8.73. The van der Waals surface area contributed by atoms with Gasteiger partial charge in [-0.3, -0.25) is 9.59 Å². The molecule has 5 heteroatoms. The van der Waals surface area contributed by atoms with Crippen LogP contribution in [-0.4, -0.2) is 50.1 Å². The van der Waals surface area contributed by atoms with Gasteiger partial charge in [0.15, 0.2) is 0 Å². The van der Waals surface area contributed by atoms with E-state index in [2.05, 4.69) is 17.1 Å². The third-order valence-corrected chi connectivity index (χ3v) is 2.98. The fraction of sp³-hybridized carbons (Fsp3) is 0.857. The molecule has 0 aliphatic carbocycles. The molecule has 0 saturated carbocycles. The van der Waals surface area contributed by atoms with Crippen molar-refractivity contribution in [3.63, 3.8) is 0 Å². The van der Waals surface area contributed by atoms with Crippen LogP contribution in [0.25, 0.3) is 0 Å². The smallest absolute Gasteiger partial charge is 0.319 e. The van der Waals surface area contributed by atoms with Gasteiger partial charge in [-0.25, -0.2) is 0 Å². The molecule has 1 atom stereocenters. The highest BCUT2D eigenvalue weighted by molar-refractivity contribution is 5.98. The van der Waals surface area contributed by atoms with E-state index in [1.54, 1.807) is 6.92 Å².